The molecule has 2 nitrogen and oxygen atoms in total. The van der Waals surface area contributed by atoms with Gasteiger partial charge in [-0.25, -0.2) is 9.18 Å². The number of carboxylic acid groups (broad SMARTS) is 1. The Morgan fingerprint density at radius 3 is 2.35 bits per heavy atom. The van der Waals surface area contributed by atoms with Gasteiger partial charge in [0.15, 0.2) is 0 Å². The molecule has 0 unspecified atom stereocenters. The van der Waals surface area contributed by atoms with Gasteiger partial charge in [-0.2, -0.15) is 0 Å². The van der Waals surface area contributed by atoms with Crippen molar-refractivity contribution in [3.63, 3.8) is 0 Å². The highest BCUT2D eigenvalue weighted by molar-refractivity contribution is 9.10. The fourth-order valence-electron chi connectivity index (χ4n) is 1.65. The minimum Gasteiger partial charge on any atom is -0.478 e. The van der Waals surface area contributed by atoms with Crippen LogP contribution in [0.4, 0.5) is 4.39 Å². The van der Waals surface area contributed by atoms with E-state index in [0.29, 0.717) is 11.1 Å². The van der Waals surface area contributed by atoms with Crippen molar-refractivity contribution in [1.29, 1.82) is 0 Å². The number of benzene rings is 2. The zero-order chi connectivity index (χ0) is 12.4. The Balaban J connectivity index is 2.72. The second-order valence-corrected chi connectivity index (χ2v) is 4.30. The Morgan fingerprint density at radius 2 is 1.71 bits per heavy atom. The molecule has 0 bridgehead atoms. The van der Waals surface area contributed by atoms with E-state index in [1.54, 1.807) is 24.3 Å². The van der Waals surface area contributed by atoms with Gasteiger partial charge in [-0.3, -0.25) is 0 Å². The molecule has 0 amide bonds. The van der Waals surface area contributed by atoms with Crippen LogP contribution in [-0.4, -0.2) is 11.1 Å². The molecule has 4 heteroatoms. The summed E-state index contributed by atoms with van der Waals surface area (Å²) in [5.74, 6) is -2.00. The van der Waals surface area contributed by atoms with Crippen LogP contribution in [0.2, 0.25) is 0 Å². The summed E-state index contributed by atoms with van der Waals surface area (Å²) >= 11 is 3.33. The average molecular weight is 295 g/mol. The zero-order valence-electron chi connectivity index (χ0n) is 8.65. The molecule has 2 aromatic rings. The van der Waals surface area contributed by atoms with Gasteiger partial charge in [-0.15, -0.1) is 0 Å². The van der Waals surface area contributed by atoms with E-state index in [-0.39, 0.29) is 5.56 Å². The molecule has 0 radical (unpaired) electrons. The number of hydrogen-bond acceptors (Lipinski definition) is 1. The van der Waals surface area contributed by atoms with E-state index in [1.807, 2.05) is 6.07 Å². The predicted molar refractivity (Wildman–Crippen MR) is 66.5 cm³/mol. The molecule has 17 heavy (non-hydrogen) atoms. The van der Waals surface area contributed by atoms with Crippen LogP contribution in [0.3, 0.4) is 0 Å². The van der Waals surface area contributed by atoms with E-state index in [9.17, 15) is 9.18 Å². The topological polar surface area (TPSA) is 37.3 Å². The van der Waals surface area contributed by atoms with Crippen LogP contribution in [0, 0.1) is 5.82 Å². The second-order valence-electron chi connectivity index (χ2n) is 3.45. The first kappa shape index (κ1) is 11.8. The molecule has 0 atom stereocenters. The third kappa shape index (κ3) is 2.22. The SMILES string of the molecule is O=C(O)c1c(F)cccc1-c1ccccc1Br. The van der Waals surface area contributed by atoms with Crippen molar-refractivity contribution in [3.05, 3.63) is 58.3 Å². The molecule has 86 valence electrons. The molecule has 0 aromatic heterocycles. The van der Waals surface area contributed by atoms with E-state index in [4.69, 9.17) is 5.11 Å². The second kappa shape index (κ2) is 4.67. The quantitative estimate of drug-likeness (QED) is 0.910. The summed E-state index contributed by atoms with van der Waals surface area (Å²) in [5, 5.41) is 9.04. The van der Waals surface area contributed by atoms with Crippen LogP contribution >= 0.6 is 15.9 Å². The maximum Gasteiger partial charge on any atom is 0.339 e. The highest BCUT2D eigenvalue weighted by Crippen LogP contribution is 2.31. The maximum absolute atomic E-state index is 13.5. The van der Waals surface area contributed by atoms with Gasteiger partial charge in [-0.1, -0.05) is 46.3 Å². The van der Waals surface area contributed by atoms with Crippen LogP contribution in [0.1, 0.15) is 10.4 Å². The Hall–Kier alpha value is -1.68. The normalized spacial score (nSPS) is 10.2. The standard InChI is InChI=1S/C13H8BrFO2/c14-10-6-2-1-4-8(10)9-5-3-7-11(15)12(9)13(16)17/h1-7H,(H,16,17). The molecule has 0 saturated carbocycles. The Bertz CT molecular complexity index is 581. The summed E-state index contributed by atoms with van der Waals surface area (Å²) in [4.78, 5) is 11.1. The maximum atomic E-state index is 13.5. The number of rotatable bonds is 2. The van der Waals surface area contributed by atoms with Crippen LogP contribution in [0.25, 0.3) is 11.1 Å². The Morgan fingerprint density at radius 1 is 1.06 bits per heavy atom. The van der Waals surface area contributed by atoms with Gasteiger partial charge in [0.1, 0.15) is 11.4 Å². The fourth-order valence-corrected chi connectivity index (χ4v) is 2.14. The van der Waals surface area contributed by atoms with E-state index in [1.165, 1.54) is 6.07 Å². The van der Waals surface area contributed by atoms with E-state index >= 15 is 0 Å². The zero-order valence-corrected chi connectivity index (χ0v) is 10.2. The first-order valence-electron chi connectivity index (χ1n) is 4.88. The number of halogens is 2. The lowest BCUT2D eigenvalue weighted by atomic mass is 9.99. The van der Waals surface area contributed by atoms with E-state index < -0.39 is 11.8 Å². The van der Waals surface area contributed by atoms with Crippen LogP contribution in [0.15, 0.2) is 46.9 Å². The monoisotopic (exact) mass is 294 g/mol. The summed E-state index contributed by atoms with van der Waals surface area (Å²) in [6, 6.07) is 11.3. The Kier molecular flexibility index (Phi) is 3.24. The molecular formula is C13H8BrFO2. The summed E-state index contributed by atoms with van der Waals surface area (Å²) in [7, 11) is 0. The third-order valence-electron chi connectivity index (χ3n) is 2.39. The smallest absolute Gasteiger partial charge is 0.339 e. The van der Waals surface area contributed by atoms with Crippen molar-refractivity contribution >= 4 is 21.9 Å². The first-order valence-corrected chi connectivity index (χ1v) is 5.67. The van der Waals surface area contributed by atoms with Crippen LogP contribution < -0.4 is 0 Å². The highest BCUT2D eigenvalue weighted by Gasteiger charge is 2.17. The molecule has 0 fully saturated rings. The van der Waals surface area contributed by atoms with Gasteiger partial charge >= 0.3 is 5.97 Å². The highest BCUT2D eigenvalue weighted by atomic mass is 79.9. The summed E-state index contributed by atoms with van der Waals surface area (Å²) in [6.45, 7) is 0. The van der Waals surface area contributed by atoms with Crippen molar-refractivity contribution in [2.24, 2.45) is 0 Å². The summed E-state index contributed by atoms with van der Waals surface area (Å²) < 4.78 is 14.3. The lowest BCUT2D eigenvalue weighted by molar-refractivity contribution is 0.0693. The van der Waals surface area contributed by atoms with Gasteiger partial charge in [0.2, 0.25) is 0 Å². The molecule has 0 spiro atoms. The molecule has 2 rings (SSSR count). The van der Waals surface area contributed by atoms with Gasteiger partial charge in [0, 0.05) is 10.0 Å². The minimum atomic E-state index is -1.27. The molecule has 0 heterocycles. The van der Waals surface area contributed by atoms with Crippen molar-refractivity contribution in [2.75, 3.05) is 0 Å². The van der Waals surface area contributed by atoms with Gasteiger partial charge < -0.3 is 5.11 Å². The number of hydrogen-bond donors (Lipinski definition) is 1. The van der Waals surface area contributed by atoms with Crippen molar-refractivity contribution in [3.8, 4) is 11.1 Å². The molecule has 0 saturated heterocycles. The van der Waals surface area contributed by atoms with Crippen molar-refractivity contribution < 1.29 is 14.3 Å². The van der Waals surface area contributed by atoms with Crippen LogP contribution in [0.5, 0.6) is 0 Å². The van der Waals surface area contributed by atoms with Crippen molar-refractivity contribution in [1.82, 2.24) is 0 Å². The molecule has 0 aliphatic rings. The lowest BCUT2D eigenvalue weighted by Gasteiger charge is -2.08. The van der Waals surface area contributed by atoms with E-state index in [0.717, 1.165) is 10.5 Å². The largest absolute Gasteiger partial charge is 0.478 e. The average Bonchev–Trinajstić information content (AvgIpc) is 2.28. The minimum absolute atomic E-state index is 0.306. The molecule has 1 N–H and O–H groups in total. The predicted octanol–water partition coefficient (Wildman–Crippen LogP) is 3.95. The van der Waals surface area contributed by atoms with Gasteiger partial charge in [0.05, 0.1) is 0 Å². The summed E-state index contributed by atoms with van der Waals surface area (Å²) in [6.07, 6.45) is 0. The first-order chi connectivity index (χ1) is 8.11. The summed E-state index contributed by atoms with van der Waals surface area (Å²) in [5.41, 5.74) is 0.716. The number of carboxylic acids is 1. The molecule has 2 aromatic carbocycles. The molecule has 0 aliphatic heterocycles. The van der Waals surface area contributed by atoms with E-state index in [2.05, 4.69) is 15.9 Å². The van der Waals surface area contributed by atoms with Gasteiger partial charge in [-0.05, 0) is 17.7 Å². The number of carbonyl (C=O) groups is 1. The number of aromatic carboxylic acids is 1. The van der Waals surface area contributed by atoms with Gasteiger partial charge in [0.25, 0.3) is 0 Å². The molecule has 0 aliphatic carbocycles. The molecular weight excluding hydrogens is 287 g/mol. The van der Waals surface area contributed by atoms with Crippen molar-refractivity contribution in [2.45, 2.75) is 0 Å². The third-order valence-corrected chi connectivity index (χ3v) is 3.08. The lowest BCUT2D eigenvalue weighted by Crippen LogP contribution is -2.03. The Labute approximate surface area is 106 Å². The van der Waals surface area contributed by atoms with Crippen LogP contribution in [-0.2, 0) is 0 Å². The fraction of sp³-hybridized carbons (Fsp3) is 0.